The summed E-state index contributed by atoms with van der Waals surface area (Å²) < 4.78 is 5.42. The molecule has 106 valence electrons. The van der Waals surface area contributed by atoms with Crippen molar-refractivity contribution in [2.24, 2.45) is 0 Å². The van der Waals surface area contributed by atoms with Gasteiger partial charge >= 0.3 is 0 Å². The molecule has 0 spiro atoms. The molecule has 0 radical (unpaired) electrons. The largest absolute Gasteiger partial charge is 0.496 e. The van der Waals surface area contributed by atoms with Crippen molar-refractivity contribution < 1.29 is 4.74 Å². The summed E-state index contributed by atoms with van der Waals surface area (Å²) in [5, 5.41) is 3.58. The van der Waals surface area contributed by atoms with Crippen LogP contribution in [0.2, 0.25) is 0 Å². The van der Waals surface area contributed by atoms with Crippen LogP contribution in [0.1, 0.15) is 35.2 Å². The maximum atomic E-state index is 5.42. The van der Waals surface area contributed by atoms with Crippen LogP contribution >= 0.6 is 0 Å². The van der Waals surface area contributed by atoms with Gasteiger partial charge in [0, 0.05) is 18.2 Å². The van der Waals surface area contributed by atoms with Crippen LogP contribution in [0.3, 0.4) is 0 Å². The van der Waals surface area contributed by atoms with E-state index in [9.17, 15) is 0 Å². The van der Waals surface area contributed by atoms with E-state index in [1.54, 1.807) is 7.11 Å². The molecule has 1 unspecified atom stereocenters. The first-order chi connectivity index (χ1) is 9.63. The highest BCUT2D eigenvalue weighted by Gasteiger charge is 2.10. The molecule has 2 aromatic carbocycles. The van der Waals surface area contributed by atoms with Gasteiger partial charge in [-0.25, -0.2) is 0 Å². The molecule has 0 saturated heterocycles. The number of rotatable bonds is 5. The summed E-state index contributed by atoms with van der Waals surface area (Å²) in [7, 11) is 1.72. The Bertz CT molecular complexity index is 577. The Kier molecular flexibility index (Phi) is 4.80. The van der Waals surface area contributed by atoms with Gasteiger partial charge in [0.25, 0.3) is 0 Å². The van der Waals surface area contributed by atoms with Crippen molar-refractivity contribution in [1.82, 2.24) is 5.32 Å². The first kappa shape index (κ1) is 14.6. The van der Waals surface area contributed by atoms with Crippen LogP contribution in [0.5, 0.6) is 5.75 Å². The van der Waals surface area contributed by atoms with Gasteiger partial charge in [0.05, 0.1) is 7.11 Å². The highest BCUT2D eigenvalue weighted by atomic mass is 16.5. The van der Waals surface area contributed by atoms with Gasteiger partial charge in [0.1, 0.15) is 5.75 Å². The standard InChI is InChI=1S/C18H23NO/c1-13-8-7-9-16(14(13)2)12-19-15(3)17-10-5-6-11-18(17)20-4/h5-11,15,19H,12H2,1-4H3. The van der Waals surface area contributed by atoms with Crippen LogP contribution in [0.4, 0.5) is 0 Å². The molecule has 1 N–H and O–H groups in total. The quantitative estimate of drug-likeness (QED) is 0.880. The van der Waals surface area contributed by atoms with E-state index >= 15 is 0 Å². The Morgan fingerprint density at radius 1 is 1.05 bits per heavy atom. The number of benzene rings is 2. The van der Waals surface area contributed by atoms with E-state index in [1.807, 2.05) is 18.2 Å². The van der Waals surface area contributed by atoms with Gasteiger partial charge in [-0.15, -0.1) is 0 Å². The third-order valence-corrected chi connectivity index (χ3v) is 3.92. The van der Waals surface area contributed by atoms with Crippen LogP contribution < -0.4 is 10.1 Å². The maximum Gasteiger partial charge on any atom is 0.123 e. The highest BCUT2D eigenvalue weighted by molar-refractivity contribution is 5.36. The van der Waals surface area contributed by atoms with Crippen molar-refractivity contribution in [3.05, 3.63) is 64.7 Å². The topological polar surface area (TPSA) is 21.3 Å². The number of aryl methyl sites for hydroxylation is 1. The summed E-state index contributed by atoms with van der Waals surface area (Å²) in [6, 6.07) is 14.9. The lowest BCUT2D eigenvalue weighted by molar-refractivity contribution is 0.401. The molecule has 0 aliphatic rings. The fourth-order valence-corrected chi connectivity index (χ4v) is 2.40. The summed E-state index contributed by atoms with van der Waals surface area (Å²) in [5.74, 6) is 0.938. The SMILES string of the molecule is COc1ccccc1C(C)NCc1cccc(C)c1C. The van der Waals surface area contributed by atoms with E-state index in [4.69, 9.17) is 4.74 Å². The second kappa shape index (κ2) is 6.58. The smallest absolute Gasteiger partial charge is 0.123 e. The summed E-state index contributed by atoms with van der Waals surface area (Å²) in [5.41, 5.74) is 5.26. The zero-order valence-corrected chi connectivity index (χ0v) is 12.7. The zero-order valence-electron chi connectivity index (χ0n) is 12.7. The lowest BCUT2D eigenvalue weighted by atomic mass is 10.0. The Labute approximate surface area is 121 Å². The molecule has 20 heavy (non-hydrogen) atoms. The van der Waals surface area contributed by atoms with Gasteiger partial charge in [-0.1, -0.05) is 36.4 Å². The van der Waals surface area contributed by atoms with E-state index in [0.29, 0.717) is 0 Å². The molecule has 0 aliphatic heterocycles. The van der Waals surface area contributed by atoms with Crippen molar-refractivity contribution in [2.45, 2.75) is 33.4 Å². The van der Waals surface area contributed by atoms with Gasteiger partial charge in [-0.2, -0.15) is 0 Å². The fourth-order valence-electron chi connectivity index (χ4n) is 2.40. The van der Waals surface area contributed by atoms with E-state index in [-0.39, 0.29) is 6.04 Å². The molecular formula is C18H23NO. The molecule has 2 heteroatoms. The molecular weight excluding hydrogens is 246 g/mol. The van der Waals surface area contributed by atoms with E-state index in [1.165, 1.54) is 22.3 Å². The molecule has 0 saturated carbocycles. The number of nitrogens with one attached hydrogen (secondary N) is 1. The maximum absolute atomic E-state index is 5.42. The number of methoxy groups -OCH3 is 1. The molecule has 0 aliphatic carbocycles. The first-order valence-electron chi connectivity index (χ1n) is 7.05. The number of hydrogen-bond acceptors (Lipinski definition) is 2. The summed E-state index contributed by atoms with van der Waals surface area (Å²) in [6.07, 6.45) is 0. The molecule has 0 fully saturated rings. The highest BCUT2D eigenvalue weighted by Crippen LogP contribution is 2.24. The van der Waals surface area contributed by atoms with E-state index in [0.717, 1.165) is 12.3 Å². The molecule has 1 atom stereocenters. The second-order valence-corrected chi connectivity index (χ2v) is 5.20. The van der Waals surface area contributed by atoms with Crippen LogP contribution in [0, 0.1) is 13.8 Å². The number of para-hydroxylation sites is 1. The van der Waals surface area contributed by atoms with Gasteiger partial charge in [-0.3, -0.25) is 0 Å². The Hall–Kier alpha value is -1.80. The van der Waals surface area contributed by atoms with Crippen LogP contribution in [-0.4, -0.2) is 7.11 Å². The average Bonchev–Trinajstić information content (AvgIpc) is 2.48. The van der Waals surface area contributed by atoms with Crippen molar-refractivity contribution in [2.75, 3.05) is 7.11 Å². The summed E-state index contributed by atoms with van der Waals surface area (Å²) in [4.78, 5) is 0. The Morgan fingerprint density at radius 3 is 2.55 bits per heavy atom. The van der Waals surface area contributed by atoms with Gasteiger partial charge in [0.15, 0.2) is 0 Å². The van der Waals surface area contributed by atoms with Crippen molar-refractivity contribution in [3.8, 4) is 5.75 Å². The number of ether oxygens (including phenoxy) is 1. The van der Waals surface area contributed by atoms with Gasteiger partial charge in [0.2, 0.25) is 0 Å². The second-order valence-electron chi connectivity index (χ2n) is 5.20. The minimum Gasteiger partial charge on any atom is -0.496 e. The van der Waals surface area contributed by atoms with E-state index < -0.39 is 0 Å². The third-order valence-electron chi connectivity index (χ3n) is 3.92. The van der Waals surface area contributed by atoms with Crippen molar-refractivity contribution in [3.63, 3.8) is 0 Å². The zero-order chi connectivity index (χ0) is 14.5. The monoisotopic (exact) mass is 269 g/mol. The summed E-state index contributed by atoms with van der Waals surface area (Å²) >= 11 is 0. The molecule has 2 nitrogen and oxygen atoms in total. The normalized spacial score (nSPS) is 12.2. The third kappa shape index (κ3) is 3.20. The van der Waals surface area contributed by atoms with Crippen molar-refractivity contribution in [1.29, 1.82) is 0 Å². The predicted octanol–water partition coefficient (Wildman–Crippen LogP) is 4.16. The van der Waals surface area contributed by atoms with Gasteiger partial charge < -0.3 is 10.1 Å². The fraction of sp³-hybridized carbons (Fsp3) is 0.333. The first-order valence-corrected chi connectivity index (χ1v) is 7.05. The summed E-state index contributed by atoms with van der Waals surface area (Å²) in [6.45, 7) is 7.37. The van der Waals surface area contributed by atoms with Gasteiger partial charge in [-0.05, 0) is 43.5 Å². The minimum atomic E-state index is 0.256. The Balaban J connectivity index is 2.09. The average molecular weight is 269 g/mol. The molecule has 2 aromatic rings. The Morgan fingerprint density at radius 2 is 1.80 bits per heavy atom. The van der Waals surface area contributed by atoms with Crippen LogP contribution in [0.25, 0.3) is 0 Å². The molecule has 0 amide bonds. The lowest BCUT2D eigenvalue weighted by Crippen LogP contribution is -2.19. The number of hydrogen-bond donors (Lipinski definition) is 1. The molecule has 0 aromatic heterocycles. The van der Waals surface area contributed by atoms with E-state index in [2.05, 4.69) is 50.4 Å². The predicted molar refractivity (Wildman–Crippen MR) is 84.2 cm³/mol. The lowest BCUT2D eigenvalue weighted by Gasteiger charge is -2.18. The van der Waals surface area contributed by atoms with Crippen LogP contribution in [-0.2, 0) is 6.54 Å². The molecule has 2 rings (SSSR count). The minimum absolute atomic E-state index is 0.256. The molecule has 0 heterocycles. The molecule has 0 bridgehead atoms. The van der Waals surface area contributed by atoms with Crippen molar-refractivity contribution >= 4 is 0 Å². The van der Waals surface area contributed by atoms with Crippen LogP contribution in [0.15, 0.2) is 42.5 Å².